The Labute approximate surface area is 168 Å². The number of alkyl halides is 5. The number of aromatic amines is 1. The van der Waals surface area contributed by atoms with E-state index in [0.717, 1.165) is 16.5 Å². The average Bonchev–Trinajstić information content (AvgIpc) is 3.08. The highest BCUT2D eigenvalue weighted by atomic mass is 35.5. The molecule has 2 aromatic carbocycles. The van der Waals surface area contributed by atoms with Crippen molar-refractivity contribution in [3.8, 4) is 5.75 Å². The van der Waals surface area contributed by atoms with Gasteiger partial charge in [0.2, 0.25) is 0 Å². The molecule has 0 saturated carbocycles. The van der Waals surface area contributed by atoms with Gasteiger partial charge in [-0.1, -0.05) is 29.8 Å². The first-order valence-corrected chi connectivity index (χ1v) is 9.17. The van der Waals surface area contributed by atoms with Crippen molar-refractivity contribution in [3.05, 3.63) is 64.8 Å². The molecule has 0 fully saturated rings. The maximum Gasteiger partial charge on any atom is 0.456 e. The average molecular weight is 433 g/mol. The van der Waals surface area contributed by atoms with Crippen molar-refractivity contribution in [1.29, 1.82) is 0 Å². The number of hydrogen-bond acceptors (Lipinski definition) is 2. The van der Waals surface area contributed by atoms with E-state index < -0.39 is 18.7 Å². The zero-order valence-corrected chi connectivity index (χ0v) is 15.9. The number of hydrogen-bond donors (Lipinski definition) is 2. The van der Waals surface area contributed by atoms with E-state index in [1.807, 2.05) is 24.4 Å². The minimum absolute atomic E-state index is 0.0448. The number of halogens is 6. The molecule has 0 aliphatic rings. The fourth-order valence-electron chi connectivity index (χ4n) is 2.86. The van der Waals surface area contributed by atoms with Gasteiger partial charge >= 0.3 is 12.1 Å². The lowest BCUT2D eigenvalue weighted by Crippen LogP contribution is -2.41. The molecule has 0 aliphatic heterocycles. The van der Waals surface area contributed by atoms with Crippen LogP contribution in [-0.4, -0.2) is 30.2 Å². The van der Waals surface area contributed by atoms with Crippen LogP contribution in [0.1, 0.15) is 11.1 Å². The van der Waals surface area contributed by atoms with E-state index in [-0.39, 0.29) is 5.75 Å². The van der Waals surface area contributed by atoms with E-state index in [9.17, 15) is 22.0 Å². The number of ether oxygens (including phenoxy) is 1. The molecule has 0 radical (unpaired) electrons. The molecule has 3 rings (SSSR count). The predicted molar refractivity (Wildman–Crippen MR) is 102 cm³/mol. The van der Waals surface area contributed by atoms with Crippen LogP contribution >= 0.6 is 11.6 Å². The summed E-state index contributed by atoms with van der Waals surface area (Å²) < 4.78 is 67.2. The van der Waals surface area contributed by atoms with Gasteiger partial charge < -0.3 is 15.0 Å². The molecular weight excluding hydrogens is 415 g/mol. The van der Waals surface area contributed by atoms with E-state index in [1.165, 1.54) is 18.2 Å². The summed E-state index contributed by atoms with van der Waals surface area (Å²) in [7, 11) is 0. The number of rotatable bonds is 8. The summed E-state index contributed by atoms with van der Waals surface area (Å²) in [5.41, 5.74) is 2.72. The predicted octanol–water partition coefficient (Wildman–Crippen LogP) is 5.73. The van der Waals surface area contributed by atoms with Crippen LogP contribution in [0.15, 0.2) is 48.7 Å². The molecule has 0 atom stereocenters. The van der Waals surface area contributed by atoms with E-state index in [2.05, 4.69) is 15.0 Å². The molecule has 3 nitrogen and oxygen atoms in total. The lowest BCUT2D eigenvalue weighted by molar-refractivity contribution is -0.290. The van der Waals surface area contributed by atoms with Gasteiger partial charge in [-0.05, 0) is 48.4 Å². The molecule has 3 aromatic rings. The lowest BCUT2D eigenvalue weighted by Gasteiger charge is -2.20. The van der Waals surface area contributed by atoms with Gasteiger partial charge in [0.15, 0.2) is 6.61 Å². The highest BCUT2D eigenvalue weighted by Crippen LogP contribution is 2.35. The number of benzene rings is 2. The zero-order valence-electron chi connectivity index (χ0n) is 15.1. The minimum atomic E-state index is -5.64. The second kappa shape index (κ2) is 8.59. The van der Waals surface area contributed by atoms with Crippen molar-refractivity contribution >= 4 is 22.5 Å². The largest absolute Gasteiger partial charge is 0.487 e. The first kappa shape index (κ1) is 21.4. The molecule has 0 aliphatic carbocycles. The van der Waals surface area contributed by atoms with Crippen molar-refractivity contribution in [1.82, 2.24) is 10.3 Å². The fraction of sp³-hybridized carbons (Fsp3) is 0.300. The molecule has 0 spiro atoms. The summed E-state index contributed by atoms with van der Waals surface area (Å²) in [6.45, 7) is -0.729. The lowest BCUT2D eigenvalue weighted by atomic mass is 10.1. The van der Waals surface area contributed by atoms with Crippen molar-refractivity contribution < 1.29 is 26.7 Å². The van der Waals surface area contributed by atoms with Crippen LogP contribution in [0.2, 0.25) is 5.02 Å². The van der Waals surface area contributed by atoms with Crippen LogP contribution in [0.4, 0.5) is 22.0 Å². The van der Waals surface area contributed by atoms with Crippen LogP contribution < -0.4 is 10.1 Å². The van der Waals surface area contributed by atoms with E-state index in [4.69, 9.17) is 11.6 Å². The molecule has 1 heterocycles. The Hall–Kier alpha value is -2.32. The van der Waals surface area contributed by atoms with E-state index in [0.29, 0.717) is 30.1 Å². The molecule has 0 unspecified atom stereocenters. The Bertz CT molecular complexity index is 971. The molecule has 2 N–H and O–H groups in total. The third-order valence-corrected chi connectivity index (χ3v) is 4.69. The maximum absolute atomic E-state index is 13.0. The fourth-order valence-corrected chi connectivity index (χ4v) is 3.16. The molecule has 0 bridgehead atoms. The van der Waals surface area contributed by atoms with Crippen molar-refractivity contribution in [2.75, 3.05) is 13.2 Å². The smallest absolute Gasteiger partial charge is 0.456 e. The standard InChI is InChI=1S/C20H18ClF5N2O/c21-16-5-2-6-17-18(16)14(11-28-17)7-8-27-10-13-3-1-4-15(9-13)29-12-19(22,23)20(24,25)26/h1-6,9,11,27-28H,7-8,10,12H2. The summed E-state index contributed by atoms with van der Waals surface area (Å²) in [5, 5.41) is 4.84. The second-order valence-electron chi connectivity index (χ2n) is 6.54. The van der Waals surface area contributed by atoms with Crippen LogP contribution in [0.25, 0.3) is 10.9 Å². The Morgan fingerprint density at radius 1 is 1.03 bits per heavy atom. The number of fused-ring (bicyclic) bond motifs is 1. The van der Waals surface area contributed by atoms with Gasteiger partial charge in [0.1, 0.15) is 5.75 Å². The summed E-state index contributed by atoms with van der Waals surface area (Å²) in [4.78, 5) is 3.16. The SMILES string of the molecule is FC(F)(F)C(F)(F)COc1cccc(CNCCc2c[nH]c3cccc(Cl)c23)c1. The molecule has 156 valence electrons. The number of aromatic nitrogens is 1. The van der Waals surface area contributed by atoms with Gasteiger partial charge in [0.05, 0.1) is 5.02 Å². The van der Waals surface area contributed by atoms with Crippen molar-refractivity contribution in [3.63, 3.8) is 0 Å². The van der Waals surface area contributed by atoms with Crippen molar-refractivity contribution in [2.45, 2.75) is 25.1 Å². The van der Waals surface area contributed by atoms with Gasteiger partial charge in [-0.2, -0.15) is 22.0 Å². The Morgan fingerprint density at radius 3 is 2.55 bits per heavy atom. The highest BCUT2D eigenvalue weighted by Gasteiger charge is 2.58. The number of H-pyrrole nitrogens is 1. The number of nitrogens with one attached hydrogen (secondary N) is 2. The summed E-state index contributed by atoms with van der Waals surface area (Å²) in [6.07, 6.45) is -3.04. The Kier molecular flexibility index (Phi) is 6.33. The summed E-state index contributed by atoms with van der Waals surface area (Å²) >= 11 is 6.24. The van der Waals surface area contributed by atoms with E-state index >= 15 is 0 Å². The van der Waals surface area contributed by atoms with Gasteiger partial charge in [0, 0.05) is 23.6 Å². The molecule has 29 heavy (non-hydrogen) atoms. The van der Waals surface area contributed by atoms with E-state index in [1.54, 1.807) is 6.07 Å². The molecular formula is C20H18ClF5N2O. The molecule has 0 amide bonds. The van der Waals surface area contributed by atoms with Crippen molar-refractivity contribution in [2.24, 2.45) is 0 Å². The topological polar surface area (TPSA) is 37.0 Å². The monoisotopic (exact) mass is 432 g/mol. The van der Waals surface area contributed by atoms with Gasteiger partial charge in [-0.3, -0.25) is 0 Å². The summed E-state index contributed by atoms with van der Waals surface area (Å²) in [6, 6.07) is 11.7. The Balaban J connectivity index is 1.52. The van der Waals surface area contributed by atoms with Crippen LogP contribution in [0.5, 0.6) is 5.75 Å². The quantitative estimate of drug-likeness (QED) is 0.352. The third kappa shape index (κ3) is 5.19. The molecule has 1 aromatic heterocycles. The van der Waals surface area contributed by atoms with Gasteiger partial charge in [-0.25, -0.2) is 0 Å². The first-order valence-electron chi connectivity index (χ1n) is 8.79. The van der Waals surface area contributed by atoms with Crippen LogP contribution in [0, 0.1) is 0 Å². The van der Waals surface area contributed by atoms with Crippen LogP contribution in [-0.2, 0) is 13.0 Å². The maximum atomic E-state index is 13.0. The van der Waals surface area contributed by atoms with Gasteiger partial charge in [-0.15, -0.1) is 0 Å². The first-order chi connectivity index (χ1) is 13.7. The minimum Gasteiger partial charge on any atom is -0.487 e. The van der Waals surface area contributed by atoms with Crippen LogP contribution in [0.3, 0.4) is 0 Å². The van der Waals surface area contributed by atoms with Gasteiger partial charge in [0.25, 0.3) is 0 Å². The Morgan fingerprint density at radius 2 is 1.79 bits per heavy atom. The zero-order chi connectivity index (χ0) is 21.1. The molecule has 0 saturated heterocycles. The molecule has 9 heteroatoms. The highest BCUT2D eigenvalue weighted by molar-refractivity contribution is 6.35. The summed E-state index contributed by atoms with van der Waals surface area (Å²) in [5.74, 6) is -4.95. The third-order valence-electron chi connectivity index (χ3n) is 4.37. The normalized spacial score (nSPS) is 12.5. The second-order valence-corrected chi connectivity index (χ2v) is 6.95.